The summed E-state index contributed by atoms with van der Waals surface area (Å²) in [5, 5.41) is 2.98. The van der Waals surface area contributed by atoms with Gasteiger partial charge in [0.05, 0.1) is 6.20 Å². The summed E-state index contributed by atoms with van der Waals surface area (Å²) in [7, 11) is 1.35. The standard InChI is InChI=1S/C11H14F3N5/c1-3-15-8-6-19-5-4-16-9(19)10(17-8)18(2)7-11(12,13)14/h4-6,15H,3,7H2,1-2H3. The molecule has 2 heterocycles. The van der Waals surface area contributed by atoms with E-state index >= 15 is 0 Å². The van der Waals surface area contributed by atoms with Gasteiger partial charge >= 0.3 is 6.18 Å². The molecular weight excluding hydrogens is 259 g/mol. The minimum atomic E-state index is -4.28. The number of nitrogens with one attached hydrogen (secondary N) is 1. The van der Waals surface area contributed by atoms with Gasteiger partial charge in [0.25, 0.3) is 0 Å². The number of anilines is 2. The second-order valence-electron chi connectivity index (χ2n) is 4.11. The van der Waals surface area contributed by atoms with E-state index in [4.69, 9.17) is 0 Å². The van der Waals surface area contributed by atoms with Crippen molar-refractivity contribution < 1.29 is 13.2 Å². The van der Waals surface area contributed by atoms with E-state index in [-0.39, 0.29) is 5.82 Å². The Morgan fingerprint density at radius 3 is 2.79 bits per heavy atom. The highest BCUT2D eigenvalue weighted by Crippen LogP contribution is 2.23. The van der Waals surface area contributed by atoms with Crippen LogP contribution in [-0.2, 0) is 0 Å². The Balaban J connectivity index is 2.42. The zero-order chi connectivity index (χ0) is 14.0. The number of fused-ring (bicyclic) bond motifs is 1. The summed E-state index contributed by atoms with van der Waals surface area (Å²) in [5.74, 6) is 0.706. The van der Waals surface area contributed by atoms with Crippen LogP contribution in [0.4, 0.5) is 24.8 Å². The fraction of sp³-hybridized carbons (Fsp3) is 0.455. The lowest BCUT2D eigenvalue weighted by Crippen LogP contribution is -2.32. The minimum Gasteiger partial charge on any atom is -0.369 e. The molecule has 0 spiro atoms. The number of alkyl halides is 3. The largest absolute Gasteiger partial charge is 0.405 e. The maximum Gasteiger partial charge on any atom is 0.405 e. The van der Waals surface area contributed by atoms with Crippen LogP contribution in [0.5, 0.6) is 0 Å². The summed E-state index contributed by atoms with van der Waals surface area (Å²) in [6.45, 7) is 1.45. The Kier molecular flexibility index (Phi) is 3.50. The van der Waals surface area contributed by atoms with Crippen LogP contribution in [0.2, 0.25) is 0 Å². The van der Waals surface area contributed by atoms with Crippen molar-refractivity contribution in [3.8, 4) is 0 Å². The van der Waals surface area contributed by atoms with E-state index in [0.717, 1.165) is 4.90 Å². The second kappa shape index (κ2) is 4.94. The van der Waals surface area contributed by atoms with E-state index in [1.165, 1.54) is 13.2 Å². The molecule has 19 heavy (non-hydrogen) atoms. The smallest absolute Gasteiger partial charge is 0.369 e. The van der Waals surface area contributed by atoms with Gasteiger partial charge in [-0.25, -0.2) is 9.97 Å². The van der Waals surface area contributed by atoms with Crippen LogP contribution in [0.15, 0.2) is 18.6 Å². The van der Waals surface area contributed by atoms with Crippen molar-refractivity contribution in [1.29, 1.82) is 0 Å². The molecule has 0 fully saturated rings. The van der Waals surface area contributed by atoms with Crippen molar-refractivity contribution >= 4 is 17.3 Å². The van der Waals surface area contributed by atoms with Crippen molar-refractivity contribution in [2.45, 2.75) is 13.1 Å². The number of hydrogen-bond donors (Lipinski definition) is 1. The fourth-order valence-corrected chi connectivity index (χ4v) is 1.78. The van der Waals surface area contributed by atoms with E-state index in [1.807, 2.05) is 6.92 Å². The average Bonchev–Trinajstić information content (AvgIpc) is 2.73. The predicted octanol–water partition coefficient (Wildman–Crippen LogP) is 2.16. The first-order valence-corrected chi connectivity index (χ1v) is 5.76. The van der Waals surface area contributed by atoms with Gasteiger partial charge in [-0.3, -0.25) is 0 Å². The van der Waals surface area contributed by atoms with Gasteiger partial charge in [-0.1, -0.05) is 0 Å². The molecule has 0 atom stereocenters. The molecule has 104 valence electrons. The van der Waals surface area contributed by atoms with Crippen molar-refractivity contribution in [2.75, 3.05) is 30.4 Å². The summed E-state index contributed by atoms with van der Waals surface area (Å²) < 4.78 is 39.0. The van der Waals surface area contributed by atoms with Crippen molar-refractivity contribution in [2.24, 2.45) is 0 Å². The molecule has 0 bridgehead atoms. The van der Waals surface area contributed by atoms with Crippen LogP contribution in [0.1, 0.15) is 6.92 Å². The van der Waals surface area contributed by atoms with Gasteiger partial charge in [0, 0.05) is 26.0 Å². The fourth-order valence-electron chi connectivity index (χ4n) is 1.78. The van der Waals surface area contributed by atoms with Crippen LogP contribution in [-0.4, -0.2) is 40.7 Å². The molecule has 2 aromatic heterocycles. The summed E-state index contributed by atoms with van der Waals surface area (Å²) in [4.78, 5) is 9.26. The molecule has 0 amide bonds. The highest BCUT2D eigenvalue weighted by Gasteiger charge is 2.30. The first-order valence-electron chi connectivity index (χ1n) is 5.76. The number of halogens is 3. The Morgan fingerprint density at radius 2 is 2.16 bits per heavy atom. The molecule has 1 N–H and O–H groups in total. The molecule has 0 saturated carbocycles. The molecule has 0 aliphatic carbocycles. The molecule has 8 heteroatoms. The topological polar surface area (TPSA) is 45.5 Å². The Bertz CT molecular complexity index is 563. The third kappa shape index (κ3) is 3.07. The molecule has 0 aromatic carbocycles. The van der Waals surface area contributed by atoms with Gasteiger partial charge in [-0.2, -0.15) is 13.2 Å². The van der Waals surface area contributed by atoms with E-state index in [0.29, 0.717) is 18.0 Å². The molecule has 0 radical (unpaired) electrons. The van der Waals surface area contributed by atoms with Crippen LogP contribution in [0.3, 0.4) is 0 Å². The lowest BCUT2D eigenvalue weighted by molar-refractivity contribution is -0.119. The van der Waals surface area contributed by atoms with Crippen LogP contribution < -0.4 is 10.2 Å². The van der Waals surface area contributed by atoms with Crippen molar-refractivity contribution in [3.63, 3.8) is 0 Å². The highest BCUT2D eigenvalue weighted by atomic mass is 19.4. The maximum absolute atomic E-state index is 12.5. The van der Waals surface area contributed by atoms with Crippen LogP contribution >= 0.6 is 0 Å². The van der Waals surface area contributed by atoms with E-state index in [2.05, 4.69) is 15.3 Å². The number of rotatable bonds is 4. The third-order valence-electron chi connectivity index (χ3n) is 2.49. The molecule has 0 saturated heterocycles. The molecule has 5 nitrogen and oxygen atoms in total. The maximum atomic E-state index is 12.5. The zero-order valence-electron chi connectivity index (χ0n) is 10.6. The highest BCUT2D eigenvalue weighted by molar-refractivity contribution is 5.66. The molecular formula is C11H14F3N5. The van der Waals surface area contributed by atoms with Crippen LogP contribution in [0.25, 0.3) is 5.65 Å². The average molecular weight is 273 g/mol. The summed E-state index contributed by atoms with van der Waals surface area (Å²) in [5.41, 5.74) is 0.397. The molecule has 0 aliphatic rings. The van der Waals surface area contributed by atoms with Crippen molar-refractivity contribution in [1.82, 2.24) is 14.4 Å². The van der Waals surface area contributed by atoms with Gasteiger partial charge in [0.1, 0.15) is 12.4 Å². The monoisotopic (exact) mass is 273 g/mol. The SMILES string of the molecule is CCNc1cn2ccnc2c(N(C)CC(F)(F)F)n1. The summed E-state index contributed by atoms with van der Waals surface area (Å²) >= 11 is 0. The summed E-state index contributed by atoms with van der Waals surface area (Å²) in [6.07, 6.45) is 0.603. The van der Waals surface area contributed by atoms with E-state index in [1.54, 1.807) is 16.8 Å². The van der Waals surface area contributed by atoms with Gasteiger partial charge in [0.2, 0.25) is 0 Å². The molecule has 0 unspecified atom stereocenters. The minimum absolute atomic E-state index is 0.195. The van der Waals surface area contributed by atoms with Gasteiger partial charge in [-0.05, 0) is 6.92 Å². The molecule has 2 rings (SSSR count). The van der Waals surface area contributed by atoms with Crippen molar-refractivity contribution in [3.05, 3.63) is 18.6 Å². The summed E-state index contributed by atoms with van der Waals surface area (Å²) in [6, 6.07) is 0. The third-order valence-corrected chi connectivity index (χ3v) is 2.49. The Hall–Kier alpha value is -1.99. The van der Waals surface area contributed by atoms with Crippen LogP contribution in [0, 0.1) is 0 Å². The molecule has 2 aromatic rings. The first kappa shape index (κ1) is 13.4. The van der Waals surface area contributed by atoms with Gasteiger partial charge in [0.15, 0.2) is 11.5 Å². The number of nitrogens with zero attached hydrogens (tertiary/aromatic N) is 4. The van der Waals surface area contributed by atoms with Gasteiger partial charge in [-0.15, -0.1) is 0 Å². The van der Waals surface area contributed by atoms with Gasteiger partial charge < -0.3 is 14.6 Å². The lowest BCUT2D eigenvalue weighted by atomic mass is 10.4. The quantitative estimate of drug-likeness (QED) is 0.927. The zero-order valence-corrected chi connectivity index (χ0v) is 10.6. The Labute approximate surface area is 108 Å². The Morgan fingerprint density at radius 1 is 1.42 bits per heavy atom. The predicted molar refractivity (Wildman–Crippen MR) is 66.5 cm³/mol. The number of aromatic nitrogens is 3. The van der Waals surface area contributed by atoms with E-state index < -0.39 is 12.7 Å². The normalized spacial score (nSPS) is 11.8. The number of imidazole rings is 1. The molecule has 0 aliphatic heterocycles. The van der Waals surface area contributed by atoms with E-state index in [9.17, 15) is 13.2 Å². The first-order chi connectivity index (χ1) is 8.90. The lowest BCUT2D eigenvalue weighted by Gasteiger charge is -2.21. The number of hydrogen-bond acceptors (Lipinski definition) is 4. The second-order valence-corrected chi connectivity index (χ2v) is 4.11.